The van der Waals surface area contributed by atoms with Gasteiger partial charge in [0.2, 0.25) is 0 Å². The van der Waals surface area contributed by atoms with Gasteiger partial charge in [-0.1, -0.05) is 29.3 Å². The summed E-state index contributed by atoms with van der Waals surface area (Å²) in [5.41, 5.74) is 7.17. The first-order valence-electron chi connectivity index (χ1n) is 5.47. The summed E-state index contributed by atoms with van der Waals surface area (Å²) in [6.07, 6.45) is 2.17. The molecule has 16 heavy (non-hydrogen) atoms. The molecule has 2 nitrogen and oxygen atoms in total. The standard InChI is InChI=1S/C12H15Cl2NO/c13-9-3-4-10(11(14)6-9)12(15)8-2-1-5-16-7-8/h3-4,6,8,12H,1-2,5,7,15H2. The van der Waals surface area contributed by atoms with Gasteiger partial charge in [-0.25, -0.2) is 0 Å². The first kappa shape index (κ1) is 12.2. The Balaban J connectivity index is 2.15. The molecule has 2 atom stereocenters. The molecule has 1 aliphatic rings. The summed E-state index contributed by atoms with van der Waals surface area (Å²) in [4.78, 5) is 0. The van der Waals surface area contributed by atoms with Gasteiger partial charge in [0.15, 0.2) is 0 Å². The van der Waals surface area contributed by atoms with Crippen molar-refractivity contribution in [3.8, 4) is 0 Å². The van der Waals surface area contributed by atoms with Crippen LogP contribution in [0, 0.1) is 5.92 Å². The molecule has 0 aliphatic carbocycles. The first-order valence-corrected chi connectivity index (χ1v) is 6.22. The molecule has 1 heterocycles. The summed E-state index contributed by atoms with van der Waals surface area (Å²) in [5, 5.41) is 1.28. The van der Waals surface area contributed by atoms with Crippen molar-refractivity contribution in [1.29, 1.82) is 0 Å². The lowest BCUT2D eigenvalue weighted by atomic mass is 9.89. The SMILES string of the molecule is NC(c1ccc(Cl)cc1Cl)C1CCCOC1. The number of ether oxygens (including phenoxy) is 1. The molecule has 2 rings (SSSR count). The summed E-state index contributed by atoms with van der Waals surface area (Å²) >= 11 is 12.0. The molecule has 1 fully saturated rings. The minimum atomic E-state index is -0.0648. The summed E-state index contributed by atoms with van der Waals surface area (Å²) < 4.78 is 5.44. The van der Waals surface area contributed by atoms with Gasteiger partial charge in [0.05, 0.1) is 6.61 Å². The van der Waals surface area contributed by atoms with Crippen LogP contribution in [0.15, 0.2) is 18.2 Å². The Labute approximate surface area is 106 Å². The second-order valence-electron chi connectivity index (χ2n) is 4.17. The molecule has 1 aliphatic heterocycles. The quantitative estimate of drug-likeness (QED) is 0.884. The van der Waals surface area contributed by atoms with E-state index in [1.807, 2.05) is 12.1 Å². The number of halogens is 2. The number of hydrogen-bond donors (Lipinski definition) is 1. The van der Waals surface area contributed by atoms with Gasteiger partial charge in [0.1, 0.15) is 0 Å². The molecule has 0 saturated carbocycles. The zero-order valence-corrected chi connectivity index (χ0v) is 10.5. The van der Waals surface area contributed by atoms with E-state index in [-0.39, 0.29) is 6.04 Å². The zero-order valence-electron chi connectivity index (χ0n) is 8.96. The first-order chi connectivity index (χ1) is 7.68. The Morgan fingerprint density at radius 3 is 2.81 bits per heavy atom. The average Bonchev–Trinajstić information content (AvgIpc) is 2.29. The van der Waals surface area contributed by atoms with Crippen molar-refractivity contribution >= 4 is 23.2 Å². The lowest BCUT2D eigenvalue weighted by Gasteiger charge is -2.28. The molecule has 2 N–H and O–H groups in total. The number of rotatable bonds is 2. The van der Waals surface area contributed by atoms with Gasteiger partial charge in [-0.05, 0) is 30.5 Å². The molecule has 1 aromatic carbocycles. The maximum Gasteiger partial charge on any atom is 0.0512 e. The zero-order chi connectivity index (χ0) is 11.5. The Bertz CT molecular complexity index is 364. The Morgan fingerprint density at radius 2 is 2.19 bits per heavy atom. The van der Waals surface area contributed by atoms with Gasteiger partial charge in [0.25, 0.3) is 0 Å². The van der Waals surface area contributed by atoms with E-state index in [2.05, 4.69) is 0 Å². The third kappa shape index (κ3) is 2.69. The van der Waals surface area contributed by atoms with Crippen LogP contribution >= 0.6 is 23.2 Å². The highest BCUT2D eigenvalue weighted by atomic mass is 35.5. The number of hydrogen-bond acceptors (Lipinski definition) is 2. The third-order valence-electron chi connectivity index (χ3n) is 3.02. The van der Waals surface area contributed by atoms with Crippen molar-refractivity contribution in [2.75, 3.05) is 13.2 Å². The monoisotopic (exact) mass is 259 g/mol. The fourth-order valence-corrected chi connectivity index (χ4v) is 2.61. The maximum atomic E-state index is 6.21. The molecule has 0 bridgehead atoms. The van der Waals surface area contributed by atoms with E-state index in [0.717, 1.165) is 31.6 Å². The molecule has 0 aromatic heterocycles. The molecule has 4 heteroatoms. The van der Waals surface area contributed by atoms with Crippen LogP contribution in [-0.4, -0.2) is 13.2 Å². The van der Waals surface area contributed by atoms with E-state index in [4.69, 9.17) is 33.7 Å². The van der Waals surface area contributed by atoms with Crippen LogP contribution < -0.4 is 5.73 Å². The molecule has 1 aromatic rings. The lowest BCUT2D eigenvalue weighted by Crippen LogP contribution is -2.29. The maximum absolute atomic E-state index is 6.21. The average molecular weight is 260 g/mol. The highest BCUT2D eigenvalue weighted by Gasteiger charge is 2.23. The van der Waals surface area contributed by atoms with E-state index < -0.39 is 0 Å². The van der Waals surface area contributed by atoms with Gasteiger partial charge in [-0.2, -0.15) is 0 Å². The molecular weight excluding hydrogens is 245 g/mol. The van der Waals surface area contributed by atoms with Gasteiger partial charge in [-0.15, -0.1) is 0 Å². The van der Waals surface area contributed by atoms with Crippen LogP contribution in [0.1, 0.15) is 24.4 Å². The van der Waals surface area contributed by atoms with E-state index in [1.54, 1.807) is 6.07 Å². The minimum absolute atomic E-state index is 0.0648. The van der Waals surface area contributed by atoms with E-state index in [1.165, 1.54) is 0 Å². The van der Waals surface area contributed by atoms with Crippen molar-refractivity contribution in [3.63, 3.8) is 0 Å². The van der Waals surface area contributed by atoms with Gasteiger partial charge >= 0.3 is 0 Å². The van der Waals surface area contributed by atoms with Crippen LogP contribution in [0.5, 0.6) is 0 Å². The van der Waals surface area contributed by atoms with E-state index >= 15 is 0 Å². The highest BCUT2D eigenvalue weighted by molar-refractivity contribution is 6.35. The second-order valence-corrected chi connectivity index (χ2v) is 5.01. The summed E-state index contributed by atoms with van der Waals surface area (Å²) in [6, 6.07) is 5.41. The normalized spacial score (nSPS) is 23.1. The third-order valence-corrected chi connectivity index (χ3v) is 3.59. The Kier molecular flexibility index (Phi) is 4.09. The minimum Gasteiger partial charge on any atom is -0.381 e. The highest BCUT2D eigenvalue weighted by Crippen LogP contribution is 2.32. The summed E-state index contributed by atoms with van der Waals surface area (Å²) in [6.45, 7) is 1.57. The summed E-state index contributed by atoms with van der Waals surface area (Å²) in [5.74, 6) is 0.354. The van der Waals surface area contributed by atoms with Crippen LogP contribution in [-0.2, 0) is 4.74 Å². The van der Waals surface area contributed by atoms with Crippen LogP contribution in [0.3, 0.4) is 0 Å². The fourth-order valence-electron chi connectivity index (χ4n) is 2.07. The van der Waals surface area contributed by atoms with Crippen molar-refractivity contribution in [2.24, 2.45) is 11.7 Å². The Morgan fingerprint density at radius 1 is 1.38 bits per heavy atom. The molecule has 2 unspecified atom stereocenters. The topological polar surface area (TPSA) is 35.2 Å². The Hall–Kier alpha value is -0.280. The van der Waals surface area contributed by atoms with Crippen LogP contribution in [0.2, 0.25) is 10.0 Å². The van der Waals surface area contributed by atoms with Gasteiger partial charge in [-0.3, -0.25) is 0 Å². The van der Waals surface area contributed by atoms with Crippen molar-refractivity contribution in [1.82, 2.24) is 0 Å². The van der Waals surface area contributed by atoms with Crippen molar-refractivity contribution in [3.05, 3.63) is 33.8 Å². The largest absolute Gasteiger partial charge is 0.381 e. The molecule has 88 valence electrons. The predicted octanol–water partition coefficient (Wildman–Crippen LogP) is 3.42. The predicted molar refractivity (Wildman–Crippen MR) is 66.9 cm³/mol. The number of nitrogens with two attached hydrogens (primary N) is 1. The molecule has 0 radical (unpaired) electrons. The fraction of sp³-hybridized carbons (Fsp3) is 0.500. The van der Waals surface area contributed by atoms with Gasteiger partial charge < -0.3 is 10.5 Å². The molecular formula is C12H15Cl2NO. The molecule has 1 saturated heterocycles. The van der Waals surface area contributed by atoms with Crippen LogP contribution in [0.25, 0.3) is 0 Å². The summed E-state index contributed by atoms with van der Waals surface area (Å²) in [7, 11) is 0. The van der Waals surface area contributed by atoms with Gasteiger partial charge in [0, 0.05) is 28.6 Å². The smallest absolute Gasteiger partial charge is 0.0512 e. The van der Waals surface area contributed by atoms with Crippen LogP contribution in [0.4, 0.5) is 0 Å². The van der Waals surface area contributed by atoms with E-state index in [0.29, 0.717) is 16.0 Å². The number of benzene rings is 1. The van der Waals surface area contributed by atoms with E-state index in [9.17, 15) is 0 Å². The molecule has 0 amide bonds. The van der Waals surface area contributed by atoms with Crippen molar-refractivity contribution in [2.45, 2.75) is 18.9 Å². The lowest BCUT2D eigenvalue weighted by molar-refractivity contribution is 0.0448. The molecule has 0 spiro atoms. The second kappa shape index (κ2) is 5.37. The van der Waals surface area contributed by atoms with Crippen molar-refractivity contribution < 1.29 is 4.74 Å².